The molecule has 0 unspecified atom stereocenters. The number of imidazole rings is 1. The standard InChI is InChI=1S/C21H16N2O/c1-2-4-20(5-3-1)24-21-12-8-18(9-13-21)17-6-10-19(11-7-17)23-15-14-22-16-23/h1-16H. The minimum Gasteiger partial charge on any atom is -0.457 e. The van der Waals surface area contributed by atoms with Crippen molar-refractivity contribution >= 4 is 0 Å². The minimum atomic E-state index is 0.833. The summed E-state index contributed by atoms with van der Waals surface area (Å²) in [4.78, 5) is 4.07. The summed E-state index contributed by atoms with van der Waals surface area (Å²) in [6, 6.07) is 26.3. The second-order valence-electron chi connectivity index (χ2n) is 5.46. The Bertz CT molecular complexity index is 896. The monoisotopic (exact) mass is 312 g/mol. The first kappa shape index (κ1) is 14.3. The number of hydrogen-bond acceptors (Lipinski definition) is 2. The Morgan fingerprint density at radius 2 is 1.29 bits per heavy atom. The Kier molecular flexibility index (Phi) is 3.82. The van der Waals surface area contributed by atoms with E-state index in [4.69, 9.17) is 4.74 Å². The number of benzene rings is 3. The Morgan fingerprint density at radius 3 is 1.92 bits per heavy atom. The second kappa shape index (κ2) is 6.42. The lowest BCUT2D eigenvalue weighted by Gasteiger charge is -2.08. The van der Waals surface area contributed by atoms with Gasteiger partial charge in [-0.1, -0.05) is 42.5 Å². The molecule has 0 atom stereocenters. The van der Waals surface area contributed by atoms with E-state index in [0.29, 0.717) is 0 Å². The first-order chi connectivity index (χ1) is 11.9. The quantitative estimate of drug-likeness (QED) is 0.509. The van der Waals surface area contributed by atoms with Crippen LogP contribution >= 0.6 is 0 Å². The highest BCUT2D eigenvalue weighted by Crippen LogP contribution is 2.26. The van der Waals surface area contributed by atoms with Gasteiger partial charge in [-0.25, -0.2) is 4.98 Å². The first-order valence-electron chi connectivity index (χ1n) is 7.80. The molecule has 3 heteroatoms. The molecule has 0 saturated heterocycles. The molecule has 1 heterocycles. The predicted octanol–water partition coefficient (Wildman–Crippen LogP) is 5.33. The SMILES string of the molecule is c1ccc(Oc2ccc(-c3ccc(-n4ccnc4)cc3)cc2)cc1. The maximum Gasteiger partial charge on any atom is 0.127 e. The summed E-state index contributed by atoms with van der Waals surface area (Å²) < 4.78 is 7.81. The number of aromatic nitrogens is 2. The molecule has 24 heavy (non-hydrogen) atoms. The lowest BCUT2D eigenvalue weighted by atomic mass is 10.1. The molecule has 0 radical (unpaired) electrons. The van der Waals surface area contributed by atoms with Gasteiger partial charge in [0, 0.05) is 18.1 Å². The van der Waals surface area contributed by atoms with E-state index in [2.05, 4.69) is 41.4 Å². The van der Waals surface area contributed by atoms with Crippen molar-refractivity contribution in [2.45, 2.75) is 0 Å². The molecule has 0 aliphatic carbocycles. The van der Waals surface area contributed by atoms with Crippen LogP contribution in [0.2, 0.25) is 0 Å². The van der Waals surface area contributed by atoms with Crippen molar-refractivity contribution in [3.63, 3.8) is 0 Å². The van der Waals surface area contributed by atoms with Crippen molar-refractivity contribution in [1.29, 1.82) is 0 Å². The molecule has 0 spiro atoms. The van der Waals surface area contributed by atoms with Crippen LogP contribution in [0.4, 0.5) is 0 Å². The normalized spacial score (nSPS) is 10.5. The van der Waals surface area contributed by atoms with Crippen LogP contribution in [0.25, 0.3) is 16.8 Å². The summed E-state index contributed by atoms with van der Waals surface area (Å²) in [7, 11) is 0. The van der Waals surface area contributed by atoms with E-state index in [-0.39, 0.29) is 0 Å². The molecule has 116 valence electrons. The smallest absolute Gasteiger partial charge is 0.127 e. The van der Waals surface area contributed by atoms with Crippen molar-refractivity contribution in [2.75, 3.05) is 0 Å². The van der Waals surface area contributed by atoms with E-state index in [0.717, 1.165) is 22.7 Å². The van der Waals surface area contributed by atoms with E-state index in [9.17, 15) is 0 Å². The van der Waals surface area contributed by atoms with Crippen LogP contribution in [0.1, 0.15) is 0 Å². The predicted molar refractivity (Wildman–Crippen MR) is 95.5 cm³/mol. The first-order valence-corrected chi connectivity index (χ1v) is 7.80. The maximum atomic E-state index is 5.83. The lowest BCUT2D eigenvalue weighted by molar-refractivity contribution is 0.483. The highest BCUT2D eigenvalue weighted by molar-refractivity contribution is 5.65. The summed E-state index contributed by atoms with van der Waals surface area (Å²) in [6.45, 7) is 0. The van der Waals surface area contributed by atoms with Gasteiger partial charge in [-0.3, -0.25) is 0 Å². The van der Waals surface area contributed by atoms with Crippen molar-refractivity contribution in [1.82, 2.24) is 9.55 Å². The van der Waals surface area contributed by atoms with E-state index in [1.165, 1.54) is 5.56 Å². The molecule has 0 bridgehead atoms. The third-order valence-corrected chi connectivity index (χ3v) is 3.84. The van der Waals surface area contributed by atoms with Crippen LogP contribution in [0.5, 0.6) is 11.5 Å². The Morgan fingerprint density at radius 1 is 0.667 bits per heavy atom. The molecule has 1 aromatic heterocycles. The summed E-state index contributed by atoms with van der Waals surface area (Å²) in [5.41, 5.74) is 3.43. The zero-order valence-electron chi connectivity index (χ0n) is 13.0. The second-order valence-corrected chi connectivity index (χ2v) is 5.46. The summed E-state index contributed by atoms with van der Waals surface area (Å²) in [5.74, 6) is 1.68. The molecular weight excluding hydrogens is 296 g/mol. The van der Waals surface area contributed by atoms with E-state index in [1.807, 2.05) is 53.2 Å². The Hall–Kier alpha value is -3.33. The highest BCUT2D eigenvalue weighted by atomic mass is 16.5. The zero-order chi connectivity index (χ0) is 16.2. The Balaban J connectivity index is 1.52. The molecule has 0 aliphatic rings. The number of hydrogen-bond donors (Lipinski definition) is 0. The van der Waals surface area contributed by atoms with Gasteiger partial charge in [-0.15, -0.1) is 0 Å². The van der Waals surface area contributed by atoms with Crippen LogP contribution in [0, 0.1) is 0 Å². The summed E-state index contributed by atoms with van der Waals surface area (Å²) in [5, 5.41) is 0. The number of ether oxygens (including phenoxy) is 1. The molecule has 0 amide bonds. The zero-order valence-corrected chi connectivity index (χ0v) is 13.0. The van der Waals surface area contributed by atoms with E-state index in [1.54, 1.807) is 12.5 Å². The summed E-state index contributed by atoms with van der Waals surface area (Å²) >= 11 is 0. The average Bonchev–Trinajstić information content (AvgIpc) is 3.18. The van der Waals surface area contributed by atoms with Crippen molar-refractivity contribution in [3.8, 4) is 28.3 Å². The van der Waals surface area contributed by atoms with Crippen molar-refractivity contribution in [2.24, 2.45) is 0 Å². The van der Waals surface area contributed by atoms with Crippen molar-refractivity contribution in [3.05, 3.63) is 97.6 Å². The van der Waals surface area contributed by atoms with E-state index < -0.39 is 0 Å². The number of para-hydroxylation sites is 1. The van der Waals surface area contributed by atoms with Gasteiger partial charge in [0.25, 0.3) is 0 Å². The fraction of sp³-hybridized carbons (Fsp3) is 0. The lowest BCUT2D eigenvalue weighted by Crippen LogP contribution is -1.89. The minimum absolute atomic E-state index is 0.833. The molecule has 3 aromatic carbocycles. The van der Waals surface area contributed by atoms with Gasteiger partial charge in [0.2, 0.25) is 0 Å². The molecule has 0 aliphatic heterocycles. The number of nitrogens with zero attached hydrogens (tertiary/aromatic N) is 2. The fourth-order valence-corrected chi connectivity index (χ4v) is 2.58. The third-order valence-electron chi connectivity index (χ3n) is 3.84. The molecule has 3 nitrogen and oxygen atoms in total. The largest absolute Gasteiger partial charge is 0.457 e. The van der Waals surface area contributed by atoms with Gasteiger partial charge in [-0.05, 0) is 47.5 Å². The van der Waals surface area contributed by atoms with Gasteiger partial charge in [-0.2, -0.15) is 0 Å². The fourth-order valence-electron chi connectivity index (χ4n) is 2.58. The van der Waals surface area contributed by atoms with Gasteiger partial charge in [0.05, 0.1) is 6.33 Å². The molecule has 0 fully saturated rings. The van der Waals surface area contributed by atoms with Crippen LogP contribution in [0.15, 0.2) is 97.6 Å². The average molecular weight is 312 g/mol. The van der Waals surface area contributed by atoms with Gasteiger partial charge >= 0.3 is 0 Å². The van der Waals surface area contributed by atoms with Gasteiger partial charge < -0.3 is 9.30 Å². The molecule has 4 aromatic rings. The van der Waals surface area contributed by atoms with Gasteiger partial charge in [0.1, 0.15) is 11.5 Å². The van der Waals surface area contributed by atoms with E-state index >= 15 is 0 Å². The van der Waals surface area contributed by atoms with Crippen LogP contribution < -0.4 is 4.74 Å². The maximum absolute atomic E-state index is 5.83. The molecular formula is C21H16N2O. The van der Waals surface area contributed by atoms with Crippen LogP contribution in [-0.4, -0.2) is 9.55 Å². The molecule has 4 rings (SSSR count). The van der Waals surface area contributed by atoms with Crippen molar-refractivity contribution < 1.29 is 4.74 Å². The van der Waals surface area contributed by atoms with Crippen LogP contribution in [-0.2, 0) is 0 Å². The van der Waals surface area contributed by atoms with Gasteiger partial charge in [0.15, 0.2) is 0 Å². The molecule has 0 N–H and O–H groups in total. The summed E-state index contributed by atoms with van der Waals surface area (Å²) in [6.07, 6.45) is 5.51. The Labute approximate surface area is 140 Å². The third kappa shape index (κ3) is 3.06. The highest BCUT2D eigenvalue weighted by Gasteiger charge is 2.01. The topological polar surface area (TPSA) is 27.1 Å². The van der Waals surface area contributed by atoms with Crippen LogP contribution in [0.3, 0.4) is 0 Å². The molecule has 0 saturated carbocycles. The number of rotatable bonds is 4.